The first-order chi connectivity index (χ1) is 18.7. The van der Waals surface area contributed by atoms with Gasteiger partial charge in [0.05, 0.1) is 16.9 Å². The average molecular weight is 642 g/mol. The van der Waals surface area contributed by atoms with Gasteiger partial charge in [-0.05, 0) is 68.8 Å². The van der Waals surface area contributed by atoms with Crippen LogP contribution in [0.25, 0.3) is 16.8 Å². The zero-order valence-corrected chi connectivity index (χ0v) is 22.5. The summed E-state index contributed by atoms with van der Waals surface area (Å²) in [6, 6.07) is 18.2. The van der Waals surface area contributed by atoms with Crippen LogP contribution in [0.1, 0.15) is 16.7 Å². The third kappa shape index (κ3) is 5.60. The second kappa shape index (κ2) is 10.8. The zero-order chi connectivity index (χ0) is 27.6. The molecule has 0 aliphatic heterocycles. The summed E-state index contributed by atoms with van der Waals surface area (Å²) in [5, 5.41) is 7.44. The van der Waals surface area contributed by atoms with Crippen LogP contribution in [0, 0.1) is 5.82 Å². The van der Waals surface area contributed by atoms with Gasteiger partial charge in [0.1, 0.15) is 29.3 Å². The molecule has 0 saturated carbocycles. The maximum atomic E-state index is 14.4. The van der Waals surface area contributed by atoms with Crippen LogP contribution < -0.4 is 16.8 Å². The number of aliphatic imine (C=N–C) groups is 1. The van der Waals surface area contributed by atoms with Crippen LogP contribution in [0.3, 0.4) is 0 Å². The number of nitrogens with zero attached hydrogens (tertiary/aromatic N) is 5. The molecule has 12 heteroatoms. The molecule has 0 amide bonds. The van der Waals surface area contributed by atoms with Gasteiger partial charge < -0.3 is 16.8 Å². The topological polar surface area (TPSA) is 120 Å². The predicted molar refractivity (Wildman–Crippen MR) is 156 cm³/mol. The first-order valence-electron chi connectivity index (χ1n) is 11.5. The SMILES string of the molecule is C=IC(F)(F)c1cnc(NCc2ccc(-c3ccc4c(N)ncnn34)cc2)c(C(N)=Nc2ccc(F)cc2)c1. The Kier molecular flexibility index (Phi) is 7.28. The van der Waals surface area contributed by atoms with Crippen molar-refractivity contribution in [3.8, 4) is 11.3 Å². The molecule has 0 unspecified atom stereocenters. The second-order valence-corrected chi connectivity index (χ2v) is 10.6. The van der Waals surface area contributed by atoms with E-state index in [0.717, 1.165) is 23.0 Å². The van der Waals surface area contributed by atoms with Crippen molar-refractivity contribution in [2.24, 2.45) is 10.7 Å². The van der Waals surface area contributed by atoms with Crippen LogP contribution in [-0.4, -0.2) is 29.9 Å². The van der Waals surface area contributed by atoms with Gasteiger partial charge in [-0.1, -0.05) is 28.8 Å². The lowest BCUT2D eigenvalue weighted by Crippen LogP contribution is -2.19. The van der Waals surface area contributed by atoms with E-state index in [-0.39, 0.29) is 22.8 Å². The summed E-state index contributed by atoms with van der Waals surface area (Å²) in [7, 11) is 0. The number of anilines is 2. The van der Waals surface area contributed by atoms with E-state index in [0.29, 0.717) is 23.6 Å². The molecule has 0 bridgehead atoms. The monoisotopic (exact) mass is 642 g/mol. The van der Waals surface area contributed by atoms with Crippen molar-refractivity contribution in [2.75, 3.05) is 11.1 Å². The van der Waals surface area contributed by atoms with Crippen LogP contribution in [-0.2, 0) is 10.5 Å². The van der Waals surface area contributed by atoms with Crippen LogP contribution in [0.5, 0.6) is 0 Å². The minimum absolute atomic E-state index is 0.0340. The molecule has 2 aromatic carbocycles. The first-order valence-corrected chi connectivity index (χ1v) is 14.1. The molecule has 5 N–H and O–H groups in total. The molecule has 8 nitrogen and oxygen atoms in total. The van der Waals surface area contributed by atoms with Gasteiger partial charge in [-0.3, -0.25) is 0 Å². The van der Waals surface area contributed by atoms with Gasteiger partial charge in [0.25, 0.3) is 0 Å². The largest absolute Gasteiger partial charge is 0.383 e. The highest BCUT2D eigenvalue weighted by atomic mass is 127. The maximum Gasteiger partial charge on any atom is 0.317 e. The number of nitrogens with one attached hydrogen (secondary N) is 1. The number of hydrogen-bond acceptors (Lipinski definition) is 6. The zero-order valence-electron chi connectivity index (χ0n) is 20.3. The summed E-state index contributed by atoms with van der Waals surface area (Å²) in [5.74, 6) is 0.219. The van der Waals surface area contributed by atoms with E-state index in [1.54, 1.807) is 4.52 Å². The summed E-state index contributed by atoms with van der Waals surface area (Å²) >= 11 is -1.67. The van der Waals surface area contributed by atoms with Crippen LogP contribution >= 0.6 is 20.7 Å². The number of fused-ring (bicyclic) bond motifs is 1. The van der Waals surface area contributed by atoms with E-state index < -0.39 is 30.5 Å². The molecule has 0 aliphatic carbocycles. The summed E-state index contributed by atoms with van der Waals surface area (Å²) in [4.78, 5) is 12.5. The van der Waals surface area contributed by atoms with Crippen molar-refractivity contribution >= 4 is 53.9 Å². The number of nitrogens with two attached hydrogens (primary N) is 2. The number of aromatic nitrogens is 4. The molecule has 3 aromatic heterocycles. The number of nitrogen functional groups attached to an aromatic ring is 1. The number of amidine groups is 1. The van der Waals surface area contributed by atoms with Gasteiger partial charge in [-0.15, -0.1) is 0 Å². The van der Waals surface area contributed by atoms with E-state index in [4.69, 9.17) is 11.5 Å². The number of pyridine rings is 1. The highest BCUT2D eigenvalue weighted by Crippen LogP contribution is 2.39. The number of halogens is 4. The molecule has 0 aliphatic rings. The van der Waals surface area contributed by atoms with Gasteiger partial charge >= 0.3 is 3.93 Å². The van der Waals surface area contributed by atoms with Crippen LogP contribution in [0.15, 0.2) is 84.2 Å². The maximum absolute atomic E-state index is 14.4. The van der Waals surface area contributed by atoms with E-state index >= 15 is 0 Å². The molecule has 198 valence electrons. The molecule has 0 radical (unpaired) electrons. The third-order valence-electron chi connectivity index (χ3n) is 5.93. The highest BCUT2D eigenvalue weighted by Gasteiger charge is 2.30. The molecule has 5 aromatic rings. The van der Waals surface area contributed by atoms with Crippen molar-refractivity contribution in [3.63, 3.8) is 0 Å². The standard InChI is InChI=1S/C27H22F3IN8/c1-31-27(29,30)18-12-21(24(32)38-20-8-6-19(28)7-9-20)26(35-14-18)34-13-16-2-4-17(5-3-16)22-10-11-23-25(33)36-15-37-39(22)23/h2-12,14-15H,1,13H2,(H2,32,38)(H,34,35)(H2,33,36,37). The Morgan fingerprint density at radius 3 is 2.51 bits per heavy atom. The summed E-state index contributed by atoms with van der Waals surface area (Å²) in [5.41, 5.74) is 15.9. The van der Waals surface area contributed by atoms with Crippen LogP contribution in [0.4, 0.5) is 30.5 Å². The summed E-state index contributed by atoms with van der Waals surface area (Å²) < 4.78 is 44.3. The van der Waals surface area contributed by atoms with Crippen molar-refractivity contribution in [3.05, 3.63) is 102 Å². The Balaban J connectivity index is 1.41. The Morgan fingerprint density at radius 1 is 1.05 bits per heavy atom. The first kappa shape index (κ1) is 26.3. The van der Waals surface area contributed by atoms with E-state index in [1.165, 1.54) is 36.7 Å². The fourth-order valence-electron chi connectivity index (χ4n) is 3.90. The molecule has 0 fully saturated rings. The van der Waals surface area contributed by atoms with Crippen molar-refractivity contribution in [1.29, 1.82) is 0 Å². The van der Waals surface area contributed by atoms with E-state index in [2.05, 4.69) is 29.9 Å². The van der Waals surface area contributed by atoms with Gasteiger partial charge in [-0.2, -0.15) is 13.9 Å². The minimum Gasteiger partial charge on any atom is -0.383 e. The Labute approximate surface area is 231 Å². The van der Waals surface area contributed by atoms with Gasteiger partial charge in [0.2, 0.25) is 0 Å². The Morgan fingerprint density at radius 2 is 1.79 bits per heavy atom. The molecule has 0 atom stereocenters. The van der Waals surface area contributed by atoms with Crippen molar-refractivity contribution < 1.29 is 13.2 Å². The predicted octanol–water partition coefficient (Wildman–Crippen LogP) is 5.61. The molecule has 0 saturated heterocycles. The number of benzene rings is 2. The van der Waals surface area contributed by atoms with Gasteiger partial charge in [0.15, 0.2) is 5.82 Å². The van der Waals surface area contributed by atoms with E-state index in [9.17, 15) is 13.2 Å². The molecule has 5 rings (SSSR count). The fraction of sp³-hybridized carbons (Fsp3) is 0.0741. The molecule has 0 spiro atoms. The van der Waals surface area contributed by atoms with Gasteiger partial charge in [-0.25, -0.2) is 23.9 Å². The second-order valence-electron chi connectivity index (χ2n) is 8.44. The smallest absolute Gasteiger partial charge is 0.317 e. The van der Waals surface area contributed by atoms with E-state index in [1.807, 2.05) is 36.4 Å². The number of alkyl halides is 3. The van der Waals surface area contributed by atoms with Crippen LogP contribution in [0.2, 0.25) is 0 Å². The number of rotatable bonds is 8. The fourth-order valence-corrected chi connectivity index (χ4v) is 4.63. The quantitative estimate of drug-likeness (QED) is 0.0876. The normalized spacial score (nSPS) is 12.1. The summed E-state index contributed by atoms with van der Waals surface area (Å²) in [6.45, 7) is 0.339. The lowest BCUT2D eigenvalue weighted by atomic mass is 10.1. The molecular formula is C27H22F3IN8. The minimum atomic E-state index is -3.08. The third-order valence-corrected chi connectivity index (χ3v) is 7.51. The number of hydrogen-bond donors (Lipinski definition) is 3. The highest BCUT2D eigenvalue weighted by molar-refractivity contribution is 14.2. The lowest BCUT2D eigenvalue weighted by molar-refractivity contribution is 0.127. The molecule has 39 heavy (non-hydrogen) atoms. The van der Waals surface area contributed by atoms with Crippen molar-refractivity contribution in [2.45, 2.75) is 10.5 Å². The van der Waals surface area contributed by atoms with Gasteiger partial charge in [0, 0.05) is 23.9 Å². The molecule has 3 heterocycles. The Hall–Kier alpha value is -4.33. The van der Waals surface area contributed by atoms with Crippen molar-refractivity contribution in [1.82, 2.24) is 19.6 Å². The Bertz CT molecular complexity index is 1680. The lowest BCUT2D eigenvalue weighted by Gasteiger charge is -2.16. The summed E-state index contributed by atoms with van der Waals surface area (Å²) in [6.07, 6.45) is 2.52. The molecular weight excluding hydrogens is 620 g/mol. The average Bonchev–Trinajstić information content (AvgIpc) is 3.39.